The molecule has 1 amide bonds. The van der Waals surface area contributed by atoms with E-state index in [0.29, 0.717) is 21.6 Å². The zero-order valence-electron chi connectivity index (χ0n) is 10.5. The standard InChI is InChI=1S/C14H16ClFINO/c15-10-3-1-2-9(6-10)8-18-14(19)12-5-4-11(16)7-13(12)17/h4-5,7,9-10H,1-3,6,8H2,(H,18,19). The highest BCUT2D eigenvalue weighted by Crippen LogP contribution is 2.27. The Morgan fingerprint density at radius 1 is 1.47 bits per heavy atom. The van der Waals surface area contributed by atoms with E-state index >= 15 is 0 Å². The van der Waals surface area contributed by atoms with Gasteiger partial charge in [0.2, 0.25) is 0 Å². The third-order valence-electron chi connectivity index (χ3n) is 3.45. The molecule has 1 saturated carbocycles. The minimum Gasteiger partial charge on any atom is -0.352 e. The molecule has 0 aromatic heterocycles. The molecule has 0 saturated heterocycles. The summed E-state index contributed by atoms with van der Waals surface area (Å²) in [6.07, 6.45) is 4.27. The highest BCUT2D eigenvalue weighted by atomic mass is 127. The van der Waals surface area contributed by atoms with Crippen molar-refractivity contribution in [3.8, 4) is 0 Å². The number of benzene rings is 1. The van der Waals surface area contributed by atoms with Gasteiger partial charge in [0.05, 0.1) is 5.56 Å². The van der Waals surface area contributed by atoms with E-state index in [0.717, 1.165) is 25.7 Å². The average Bonchev–Trinajstić information content (AvgIpc) is 2.36. The van der Waals surface area contributed by atoms with Crippen LogP contribution in [0.4, 0.5) is 4.39 Å². The molecular weight excluding hydrogens is 380 g/mol. The van der Waals surface area contributed by atoms with Gasteiger partial charge in [-0.05, 0) is 66.0 Å². The maximum atomic E-state index is 13.0. The van der Waals surface area contributed by atoms with Gasteiger partial charge in [-0.3, -0.25) is 4.79 Å². The van der Waals surface area contributed by atoms with Crippen LogP contribution in [0.25, 0.3) is 0 Å². The zero-order chi connectivity index (χ0) is 13.8. The van der Waals surface area contributed by atoms with Crippen LogP contribution < -0.4 is 5.32 Å². The largest absolute Gasteiger partial charge is 0.352 e. The van der Waals surface area contributed by atoms with Gasteiger partial charge in [-0.25, -0.2) is 4.39 Å². The van der Waals surface area contributed by atoms with E-state index in [1.54, 1.807) is 0 Å². The summed E-state index contributed by atoms with van der Waals surface area (Å²) >= 11 is 8.11. The second-order valence-corrected chi connectivity index (χ2v) is 6.74. The van der Waals surface area contributed by atoms with E-state index in [1.807, 2.05) is 22.6 Å². The lowest BCUT2D eigenvalue weighted by Crippen LogP contribution is -2.32. The molecule has 5 heteroatoms. The molecule has 1 aliphatic carbocycles. The minimum absolute atomic E-state index is 0.138. The molecule has 1 fully saturated rings. The summed E-state index contributed by atoms with van der Waals surface area (Å²) in [4.78, 5) is 12.0. The van der Waals surface area contributed by atoms with E-state index in [4.69, 9.17) is 11.6 Å². The maximum Gasteiger partial charge on any atom is 0.252 e. The first-order valence-electron chi connectivity index (χ1n) is 6.43. The predicted molar refractivity (Wildman–Crippen MR) is 83.0 cm³/mol. The molecule has 0 heterocycles. The number of alkyl halides is 1. The molecular formula is C14H16ClFINO. The van der Waals surface area contributed by atoms with Crippen molar-refractivity contribution in [3.63, 3.8) is 0 Å². The Morgan fingerprint density at radius 3 is 2.95 bits per heavy atom. The third kappa shape index (κ3) is 4.31. The molecule has 2 atom stereocenters. The molecule has 1 N–H and O–H groups in total. The normalized spacial score (nSPS) is 23.1. The van der Waals surface area contributed by atoms with Crippen LogP contribution in [0, 0.1) is 15.3 Å². The van der Waals surface area contributed by atoms with Crippen molar-refractivity contribution in [2.75, 3.05) is 6.54 Å². The van der Waals surface area contributed by atoms with Crippen LogP contribution in [-0.4, -0.2) is 17.8 Å². The lowest BCUT2D eigenvalue weighted by molar-refractivity contribution is 0.0942. The van der Waals surface area contributed by atoms with Crippen LogP contribution in [0.1, 0.15) is 36.0 Å². The molecule has 0 aliphatic heterocycles. The quantitative estimate of drug-likeness (QED) is 0.609. The van der Waals surface area contributed by atoms with Gasteiger partial charge in [0, 0.05) is 15.5 Å². The zero-order valence-corrected chi connectivity index (χ0v) is 13.4. The van der Waals surface area contributed by atoms with Gasteiger partial charge in [0.25, 0.3) is 5.91 Å². The number of rotatable bonds is 3. The predicted octanol–water partition coefficient (Wildman–Crippen LogP) is 3.96. The van der Waals surface area contributed by atoms with E-state index in [9.17, 15) is 9.18 Å². The number of carbonyl (C=O) groups is 1. The van der Waals surface area contributed by atoms with Gasteiger partial charge < -0.3 is 5.32 Å². The first-order chi connectivity index (χ1) is 9.06. The fourth-order valence-electron chi connectivity index (χ4n) is 2.42. The number of carbonyl (C=O) groups excluding carboxylic acids is 1. The van der Waals surface area contributed by atoms with E-state index in [-0.39, 0.29) is 17.1 Å². The molecule has 2 nitrogen and oxygen atoms in total. The van der Waals surface area contributed by atoms with E-state index in [1.165, 1.54) is 18.2 Å². The molecule has 2 unspecified atom stereocenters. The number of hydrogen-bond donors (Lipinski definition) is 1. The SMILES string of the molecule is O=C(NCC1CCCC(Cl)C1)c1ccc(F)cc1I. The number of nitrogens with one attached hydrogen (secondary N) is 1. The Morgan fingerprint density at radius 2 is 2.26 bits per heavy atom. The van der Waals surface area contributed by atoms with Gasteiger partial charge >= 0.3 is 0 Å². The Labute approximate surface area is 131 Å². The lowest BCUT2D eigenvalue weighted by atomic mass is 9.89. The summed E-state index contributed by atoms with van der Waals surface area (Å²) in [6, 6.07) is 4.20. The van der Waals surface area contributed by atoms with Crippen molar-refractivity contribution >= 4 is 40.1 Å². The Balaban J connectivity index is 1.90. The molecule has 0 spiro atoms. The summed E-state index contributed by atoms with van der Waals surface area (Å²) in [6.45, 7) is 0.648. The molecule has 0 radical (unpaired) electrons. The van der Waals surface area contributed by atoms with Crippen LogP contribution in [-0.2, 0) is 0 Å². The summed E-state index contributed by atoms with van der Waals surface area (Å²) < 4.78 is 13.6. The van der Waals surface area contributed by atoms with Crippen LogP contribution in [0.5, 0.6) is 0 Å². The van der Waals surface area contributed by atoms with Crippen LogP contribution in [0.15, 0.2) is 18.2 Å². The van der Waals surface area contributed by atoms with E-state index in [2.05, 4.69) is 5.32 Å². The first-order valence-corrected chi connectivity index (χ1v) is 7.95. The van der Waals surface area contributed by atoms with Crippen molar-refractivity contribution in [1.82, 2.24) is 5.32 Å². The Bertz CT molecular complexity index is 469. The van der Waals surface area contributed by atoms with Gasteiger partial charge in [-0.1, -0.05) is 6.42 Å². The molecule has 1 aliphatic rings. The van der Waals surface area contributed by atoms with E-state index < -0.39 is 0 Å². The molecule has 2 rings (SSSR count). The van der Waals surface area contributed by atoms with Gasteiger partial charge in [-0.15, -0.1) is 11.6 Å². The minimum atomic E-state index is -0.321. The lowest BCUT2D eigenvalue weighted by Gasteiger charge is -2.25. The van der Waals surface area contributed by atoms with Crippen LogP contribution in [0.2, 0.25) is 0 Å². The molecule has 19 heavy (non-hydrogen) atoms. The van der Waals surface area contributed by atoms with Gasteiger partial charge in [0.15, 0.2) is 0 Å². The maximum absolute atomic E-state index is 13.0. The van der Waals surface area contributed by atoms with Crippen molar-refractivity contribution in [2.24, 2.45) is 5.92 Å². The number of amides is 1. The summed E-state index contributed by atoms with van der Waals surface area (Å²) in [5, 5.41) is 3.16. The van der Waals surface area contributed by atoms with Crippen molar-refractivity contribution in [1.29, 1.82) is 0 Å². The summed E-state index contributed by atoms with van der Waals surface area (Å²) in [7, 11) is 0. The third-order valence-corrected chi connectivity index (χ3v) is 4.73. The topological polar surface area (TPSA) is 29.1 Å². The van der Waals surface area contributed by atoms with Crippen LogP contribution in [0.3, 0.4) is 0 Å². The molecule has 1 aromatic carbocycles. The highest BCUT2D eigenvalue weighted by molar-refractivity contribution is 14.1. The average molecular weight is 396 g/mol. The van der Waals surface area contributed by atoms with Crippen LogP contribution >= 0.6 is 34.2 Å². The summed E-state index contributed by atoms with van der Waals surface area (Å²) in [5.41, 5.74) is 0.528. The molecule has 0 bridgehead atoms. The Kier molecular flexibility index (Phi) is 5.45. The molecule has 104 valence electrons. The number of halogens is 3. The summed E-state index contributed by atoms with van der Waals surface area (Å²) in [5.74, 6) is -0.00221. The van der Waals surface area contributed by atoms with Crippen molar-refractivity contribution < 1.29 is 9.18 Å². The fraction of sp³-hybridized carbons (Fsp3) is 0.500. The Hall–Kier alpha value is -0.360. The molecule has 1 aromatic rings. The second-order valence-electron chi connectivity index (χ2n) is 4.96. The monoisotopic (exact) mass is 395 g/mol. The highest BCUT2D eigenvalue weighted by Gasteiger charge is 2.21. The first kappa shape index (κ1) is 15.0. The fourth-order valence-corrected chi connectivity index (χ4v) is 3.55. The second kappa shape index (κ2) is 6.88. The van der Waals surface area contributed by atoms with Gasteiger partial charge in [-0.2, -0.15) is 0 Å². The van der Waals surface area contributed by atoms with Crippen molar-refractivity contribution in [2.45, 2.75) is 31.1 Å². The van der Waals surface area contributed by atoms with Crippen molar-refractivity contribution in [3.05, 3.63) is 33.1 Å². The number of hydrogen-bond acceptors (Lipinski definition) is 1. The smallest absolute Gasteiger partial charge is 0.252 e. The van der Waals surface area contributed by atoms with Gasteiger partial charge in [0.1, 0.15) is 5.82 Å².